The lowest BCUT2D eigenvalue weighted by atomic mass is 9.96. The average Bonchev–Trinajstić information content (AvgIpc) is 3.20. The van der Waals surface area contributed by atoms with Crippen LogP contribution in [0.4, 0.5) is 4.79 Å². The van der Waals surface area contributed by atoms with E-state index < -0.39 is 41.8 Å². The summed E-state index contributed by atoms with van der Waals surface area (Å²) >= 11 is 0. The smallest absolute Gasteiger partial charge is 0.416 e. The van der Waals surface area contributed by atoms with Gasteiger partial charge in [0.2, 0.25) is 5.91 Å². The van der Waals surface area contributed by atoms with Crippen LogP contribution in [0.3, 0.4) is 0 Å². The first-order valence-corrected chi connectivity index (χ1v) is 12.6. The molecule has 1 aliphatic rings. The van der Waals surface area contributed by atoms with Gasteiger partial charge in [-0.3, -0.25) is 19.2 Å². The average molecular weight is 496 g/mol. The van der Waals surface area contributed by atoms with Crippen molar-refractivity contribution in [3.63, 3.8) is 0 Å². The van der Waals surface area contributed by atoms with Crippen molar-refractivity contribution < 1.29 is 38.6 Å². The molecule has 9 nitrogen and oxygen atoms in total. The van der Waals surface area contributed by atoms with Crippen molar-refractivity contribution in [2.45, 2.75) is 97.6 Å². The third kappa shape index (κ3) is 10.7. The number of ketones is 2. The molecule has 1 aliphatic heterocycles. The summed E-state index contributed by atoms with van der Waals surface area (Å²) in [4.78, 5) is 62.6. The zero-order valence-corrected chi connectivity index (χ0v) is 21.5. The number of rotatable bonds is 17. The largest absolute Gasteiger partial charge is 0.453 e. The molecule has 1 saturated heterocycles. The van der Waals surface area contributed by atoms with E-state index in [1.165, 1.54) is 6.92 Å². The highest BCUT2D eigenvalue weighted by atomic mass is 16.6. The number of imide groups is 1. The van der Waals surface area contributed by atoms with Crippen LogP contribution in [-0.2, 0) is 28.7 Å². The Labute approximate surface area is 208 Å². The van der Waals surface area contributed by atoms with Crippen molar-refractivity contribution in [3.05, 3.63) is 12.2 Å². The van der Waals surface area contributed by atoms with Gasteiger partial charge >= 0.3 is 12.1 Å². The molecule has 2 amide bonds. The number of hydrogen-bond acceptors (Lipinski definition) is 8. The zero-order valence-electron chi connectivity index (χ0n) is 21.5. The van der Waals surface area contributed by atoms with E-state index in [0.29, 0.717) is 12.8 Å². The predicted molar refractivity (Wildman–Crippen MR) is 129 cm³/mol. The number of nitrogens with zero attached hydrogens (tertiary/aromatic N) is 1. The van der Waals surface area contributed by atoms with Crippen LogP contribution >= 0.6 is 0 Å². The van der Waals surface area contributed by atoms with Crippen LogP contribution in [0.25, 0.3) is 0 Å². The molecule has 0 spiro atoms. The predicted octanol–water partition coefficient (Wildman–Crippen LogP) is 3.76. The SMILES string of the molecule is CC(=O)O[C@@H](C(=O)C=CC(=O)CCCCCCCCCCO)[C@@H](C)C(=O)N1C(=O)OC[C@H]1C(C)C. The van der Waals surface area contributed by atoms with Gasteiger partial charge in [0.25, 0.3) is 0 Å². The van der Waals surface area contributed by atoms with Gasteiger partial charge in [-0.1, -0.05) is 52.4 Å². The number of esters is 1. The molecular weight excluding hydrogens is 454 g/mol. The fourth-order valence-corrected chi connectivity index (χ4v) is 3.94. The summed E-state index contributed by atoms with van der Waals surface area (Å²) in [6, 6.07) is -0.469. The number of ether oxygens (including phenoxy) is 2. The molecule has 0 bridgehead atoms. The van der Waals surface area contributed by atoms with Crippen molar-refractivity contribution in [3.8, 4) is 0 Å². The topological polar surface area (TPSA) is 127 Å². The maximum Gasteiger partial charge on any atom is 0.416 e. The first-order chi connectivity index (χ1) is 16.6. The van der Waals surface area contributed by atoms with Crippen LogP contribution in [0.5, 0.6) is 0 Å². The number of amides is 2. The molecule has 0 radical (unpaired) electrons. The third-order valence-corrected chi connectivity index (χ3v) is 6.09. The van der Waals surface area contributed by atoms with Crippen molar-refractivity contribution in [2.75, 3.05) is 13.2 Å². The molecule has 1 N–H and O–H groups in total. The van der Waals surface area contributed by atoms with Gasteiger partial charge in [-0.2, -0.15) is 0 Å². The molecule has 0 aromatic rings. The van der Waals surface area contributed by atoms with E-state index in [2.05, 4.69) is 0 Å². The molecule has 0 aliphatic carbocycles. The molecule has 3 atom stereocenters. The summed E-state index contributed by atoms with van der Waals surface area (Å²) in [7, 11) is 0. The number of carbonyl (C=O) groups is 5. The highest BCUT2D eigenvalue weighted by molar-refractivity contribution is 6.04. The summed E-state index contributed by atoms with van der Waals surface area (Å²) in [5.41, 5.74) is 0. The Bertz CT molecular complexity index is 760. The number of aliphatic hydroxyl groups is 1. The Kier molecular flexibility index (Phi) is 14.1. The highest BCUT2D eigenvalue weighted by Gasteiger charge is 2.44. The zero-order chi connectivity index (χ0) is 26.4. The van der Waals surface area contributed by atoms with Gasteiger partial charge in [-0.15, -0.1) is 0 Å². The normalized spacial score (nSPS) is 17.5. The summed E-state index contributed by atoms with van der Waals surface area (Å²) in [6.07, 6.45) is 8.11. The van der Waals surface area contributed by atoms with Gasteiger partial charge in [0.1, 0.15) is 6.61 Å². The lowest BCUT2D eigenvalue weighted by Crippen LogP contribution is -2.48. The molecule has 1 fully saturated rings. The van der Waals surface area contributed by atoms with Gasteiger partial charge in [0.05, 0.1) is 12.0 Å². The number of allylic oxidation sites excluding steroid dienone is 1. The number of carbonyl (C=O) groups excluding carboxylic acids is 5. The molecule has 1 heterocycles. The highest BCUT2D eigenvalue weighted by Crippen LogP contribution is 2.24. The summed E-state index contributed by atoms with van der Waals surface area (Å²) in [5.74, 6) is -3.50. The fraction of sp³-hybridized carbons (Fsp3) is 0.731. The lowest BCUT2D eigenvalue weighted by Gasteiger charge is -2.28. The van der Waals surface area contributed by atoms with Gasteiger partial charge in [-0.05, 0) is 37.8 Å². The van der Waals surface area contributed by atoms with E-state index in [-0.39, 0.29) is 24.9 Å². The Morgan fingerprint density at radius 3 is 2.11 bits per heavy atom. The second-order valence-electron chi connectivity index (χ2n) is 9.42. The number of unbranched alkanes of at least 4 members (excludes halogenated alkanes) is 7. The van der Waals surface area contributed by atoms with Crippen molar-refractivity contribution in [2.24, 2.45) is 11.8 Å². The van der Waals surface area contributed by atoms with Crippen LogP contribution in [0.1, 0.15) is 85.5 Å². The first-order valence-electron chi connectivity index (χ1n) is 12.6. The van der Waals surface area contributed by atoms with E-state index in [9.17, 15) is 24.0 Å². The second-order valence-corrected chi connectivity index (χ2v) is 9.42. The Morgan fingerprint density at radius 2 is 1.57 bits per heavy atom. The van der Waals surface area contributed by atoms with E-state index in [4.69, 9.17) is 14.6 Å². The molecule has 9 heteroatoms. The minimum Gasteiger partial charge on any atom is -0.453 e. The first kappa shape index (κ1) is 30.5. The summed E-state index contributed by atoms with van der Waals surface area (Å²) in [6.45, 7) is 6.54. The summed E-state index contributed by atoms with van der Waals surface area (Å²) in [5, 5.41) is 8.76. The maximum atomic E-state index is 13.0. The van der Waals surface area contributed by atoms with Gasteiger partial charge in [-0.25, -0.2) is 9.69 Å². The quantitative estimate of drug-likeness (QED) is 0.184. The van der Waals surface area contributed by atoms with Crippen LogP contribution in [-0.4, -0.2) is 64.9 Å². The molecule has 35 heavy (non-hydrogen) atoms. The monoisotopic (exact) mass is 495 g/mol. The third-order valence-electron chi connectivity index (χ3n) is 6.09. The van der Waals surface area contributed by atoms with E-state index in [1.807, 2.05) is 13.8 Å². The fourth-order valence-electron chi connectivity index (χ4n) is 3.94. The van der Waals surface area contributed by atoms with Crippen LogP contribution in [0, 0.1) is 11.8 Å². The molecule has 0 aromatic heterocycles. The summed E-state index contributed by atoms with van der Waals surface area (Å²) < 4.78 is 10.1. The Morgan fingerprint density at radius 1 is 1.00 bits per heavy atom. The van der Waals surface area contributed by atoms with E-state index >= 15 is 0 Å². The standard InChI is InChI=1S/C26H41NO8/c1-18(2)22-17-34-26(33)27(22)25(32)19(3)24(35-20(4)29)23(31)15-14-21(30)13-11-9-7-5-6-8-10-12-16-28/h14-15,18-19,22,24,28H,5-13,16-17H2,1-4H3/t19-,22+,24-/m1/s1. The minimum absolute atomic E-state index is 0.0516. The van der Waals surface area contributed by atoms with Gasteiger partial charge < -0.3 is 14.6 Å². The molecule has 0 unspecified atom stereocenters. The van der Waals surface area contributed by atoms with Crippen molar-refractivity contribution >= 4 is 29.5 Å². The van der Waals surface area contributed by atoms with Gasteiger partial charge in [0, 0.05) is 20.0 Å². The number of aliphatic hydroxyl groups excluding tert-OH is 1. The minimum atomic E-state index is -1.45. The van der Waals surface area contributed by atoms with Crippen LogP contribution < -0.4 is 0 Å². The molecule has 0 aromatic carbocycles. The van der Waals surface area contributed by atoms with Crippen molar-refractivity contribution in [1.82, 2.24) is 4.90 Å². The Balaban J connectivity index is 2.61. The molecular formula is C26H41NO8. The van der Waals surface area contributed by atoms with Crippen LogP contribution in [0.2, 0.25) is 0 Å². The van der Waals surface area contributed by atoms with E-state index in [0.717, 1.165) is 68.9 Å². The number of hydrogen-bond donors (Lipinski definition) is 1. The second kappa shape index (κ2) is 16.2. The molecule has 1 rings (SSSR count). The molecule has 0 saturated carbocycles. The van der Waals surface area contributed by atoms with Gasteiger partial charge in [0.15, 0.2) is 17.7 Å². The number of cyclic esters (lactones) is 1. The Hall–Kier alpha value is -2.55. The van der Waals surface area contributed by atoms with Crippen molar-refractivity contribution in [1.29, 1.82) is 0 Å². The van der Waals surface area contributed by atoms with Crippen LogP contribution in [0.15, 0.2) is 12.2 Å². The molecule has 198 valence electrons. The van der Waals surface area contributed by atoms with E-state index in [1.54, 1.807) is 0 Å². The lowest BCUT2D eigenvalue weighted by molar-refractivity contribution is -0.158. The maximum absolute atomic E-state index is 13.0.